The van der Waals surface area contributed by atoms with Gasteiger partial charge in [0, 0.05) is 19.1 Å². The van der Waals surface area contributed by atoms with E-state index < -0.39 is 11.6 Å². The van der Waals surface area contributed by atoms with E-state index in [9.17, 15) is 8.78 Å². The lowest BCUT2D eigenvalue weighted by molar-refractivity contribution is 0.519. The highest BCUT2D eigenvalue weighted by atomic mass is 19.1. The highest BCUT2D eigenvalue weighted by molar-refractivity contribution is 5.51. The Labute approximate surface area is 120 Å². The molecule has 112 valence electrons. The predicted octanol–water partition coefficient (Wildman–Crippen LogP) is 3.48. The summed E-state index contributed by atoms with van der Waals surface area (Å²) in [6.45, 7) is 5.48. The molecule has 1 aromatic carbocycles. The average molecular weight is 282 g/mol. The molecule has 2 atom stereocenters. The smallest absolute Gasteiger partial charge is 0.149 e. The third kappa shape index (κ3) is 3.69. The van der Waals surface area contributed by atoms with Crippen LogP contribution in [-0.2, 0) is 6.42 Å². The molecule has 1 saturated heterocycles. The van der Waals surface area contributed by atoms with Gasteiger partial charge in [-0.15, -0.1) is 0 Å². The highest BCUT2D eigenvalue weighted by Crippen LogP contribution is 2.28. The molecule has 0 aromatic heterocycles. The summed E-state index contributed by atoms with van der Waals surface area (Å²) in [6, 6.07) is 2.75. The molecule has 20 heavy (non-hydrogen) atoms. The fourth-order valence-electron chi connectivity index (χ4n) is 2.90. The molecule has 1 aromatic rings. The van der Waals surface area contributed by atoms with E-state index in [2.05, 4.69) is 6.92 Å². The lowest BCUT2D eigenvalue weighted by atomic mass is 10.0. The molecule has 1 fully saturated rings. The molecule has 1 aliphatic heterocycles. The number of nitrogens with zero attached hydrogens (tertiary/aromatic N) is 1. The van der Waals surface area contributed by atoms with Gasteiger partial charge in [0.25, 0.3) is 0 Å². The van der Waals surface area contributed by atoms with Crippen LogP contribution in [0.15, 0.2) is 12.1 Å². The van der Waals surface area contributed by atoms with Gasteiger partial charge >= 0.3 is 0 Å². The second-order valence-corrected chi connectivity index (χ2v) is 6.11. The van der Waals surface area contributed by atoms with Crippen LogP contribution in [0.2, 0.25) is 0 Å². The summed E-state index contributed by atoms with van der Waals surface area (Å²) in [5.74, 6) is -0.297. The molecular formula is C16H24F2N2. The second kappa shape index (κ2) is 6.53. The summed E-state index contributed by atoms with van der Waals surface area (Å²) >= 11 is 0. The number of nitrogens with two attached hydrogens (primary N) is 1. The number of anilines is 1. The fourth-order valence-corrected chi connectivity index (χ4v) is 2.90. The third-order valence-corrected chi connectivity index (χ3v) is 3.97. The van der Waals surface area contributed by atoms with Gasteiger partial charge in [0.2, 0.25) is 0 Å². The molecule has 0 spiro atoms. The standard InChI is InChI=1S/C16H24F2N2/c1-11-4-3-6-20(7-5-11)16-14(17)9-13(8-12(2)19)10-15(16)18/h9-12H,3-8,19H2,1-2H3. The van der Waals surface area contributed by atoms with Crippen molar-refractivity contribution in [2.45, 2.75) is 45.6 Å². The van der Waals surface area contributed by atoms with Crippen LogP contribution in [0.25, 0.3) is 0 Å². The van der Waals surface area contributed by atoms with Crippen LogP contribution in [0, 0.1) is 17.6 Å². The molecule has 0 bridgehead atoms. The summed E-state index contributed by atoms with van der Waals surface area (Å²) in [4.78, 5) is 1.85. The minimum Gasteiger partial charge on any atom is -0.367 e. The molecule has 0 saturated carbocycles. The van der Waals surface area contributed by atoms with Crippen LogP contribution in [-0.4, -0.2) is 19.1 Å². The van der Waals surface area contributed by atoms with E-state index in [4.69, 9.17) is 5.73 Å². The van der Waals surface area contributed by atoms with E-state index in [1.165, 1.54) is 12.1 Å². The minimum atomic E-state index is -0.463. The van der Waals surface area contributed by atoms with Crippen molar-refractivity contribution in [3.8, 4) is 0 Å². The number of halogens is 2. The lowest BCUT2D eigenvalue weighted by Gasteiger charge is -2.24. The first kappa shape index (κ1) is 15.2. The van der Waals surface area contributed by atoms with Crippen LogP contribution in [0.5, 0.6) is 0 Å². The van der Waals surface area contributed by atoms with Gasteiger partial charge in [-0.1, -0.05) is 6.92 Å². The third-order valence-electron chi connectivity index (χ3n) is 3.97. The maximum absolute atomic E-state index is 14.3. The summed E-state index contributed by atoms with van der Waals surface area (Å²) in [6.07, 6.45) is 3.59. The van der Waals surface area contributed by atoms with E-state index in [0.717, 1.165) is 32.4 Å². The Morgan fingerprint density at radius 1 is 1.25 bits per heavy atom. The molecular weight excluding hydrogens is 258 g/mol. The molecule has 2 N–H and O–H groups in total. The van der Waals surface area contributed by atoms with Crippen LogP contribution in [0.4, 0.5) is 14.5 Å². The van der Waals surface area contributed by atoms with Crippen molar-refractivity contribution in [2.24, 2.45) is 11.7 Å². The van der Waals surface area contributed by atoms with Crippen LogP contribution in [0.3, 0.4) is 0 Å². The number of rotatable bonds is 3. The largest absolute Gasteiger partial charge is 0.367 e. The van der Waals surface area contributed by atoms with E-state index in [1.54, 1.807) is 0 Å². The Kier molecular flexibility index (Phi) is 4.97. The fraction of sp³-hybridized carbons (Fsp3) is 0.625. The zero-order valence-corrected chi connectivity index (χ0v) is 12.3. The van der Waals surface area contributed by atoms with E-state index in [-0.39, 0.29) is 11.7 Å². The van der Waals surface area contributed by atoms with Crippen molar-refractivity contribution in [1.29, 1.82) is 0 Å². The first-order chi connectivity index (χ1) is 9.47. The zero-order chi connectivity index (χ0) is 14.7. The predicted molar refractivity (Wildman–Crippen MR) is 78.9 cm³/mol. The molecule has 1 heterocycles. The normalized spacial score (nSPS) is 21.6. The van der Waals surface area contributed by atoms with Gasteiger partial charge in [-0.2, -0.15) is 0 Å². The minimum absolute atomic E-state index is 0.0984. The van der Waals surface area contributed by atoms with Gasteiger partial charge in [-0.25, -0.2) is 8.78 Å². The zero-order valence-electron chi connectivity index (χ0n) is 12.3. The van der Waals surface area contributed by atoms with Gasteiger partial charge in [-0.3, -0.25) is 0 Å². The maximum Gasteiger partial charge on any atom is 0.149 e. The monoisotopic (exact) mass is 282 g/mol. The van der Waals surface area contributed by atoms with Gasteiger partial charge in [0.05, 0.1) is 0 Å². The molecule has 2 rings (SSSR count). The average Bonchev–Trinajstić information content (AvgIpc) is 2.53. The quantitative estimate of drug-likeness (QED) is 0.919. The molecule has 0 amide bonds. The Morgan fingerprint density at radius 2 is 1.90 bits per heavy atom. The Hall–Kier alpha value is -1.16. The summed E-state index contributed by atoms with van der Waals surface area (Å²) < 4.78 is 28.5. The lowest BCUT2D eigenvalue weighted by Crippen LogP contribution is -2.26. The molecule has 2 nitrogen and oxygen atoms in total. The molecule has 1 aliphatic rings. The summed E-state index contributed by atoms with van der Waals surface area (Å²) in [7, 11) is 0. The van der Waals surface area contributed by atoms with Gasteiger partial charge in [-0.05, 0) is 56.2 Å². The number of benzene rings is 1. The van der Waals surface area contributed by atoms with Crippen molar-refractivity contribution in [3.05, 3.63) is 29.3 Å². The first-order valence-corrected chi connectivity index (χ1v) is 7.46. The van der Waals surface area contributed by atoms with E-state index in [0.29, 0.717) is 17.9 Å². The van der Waals surface area contributed by atoms with E-state index in [1.807, 2.05) is 11.8 Å². The maximum atomic E-state index is 14.3. The Balaban J connectivity index is 2.23. The molecule has 4 heteroatoms. The second-order valence-electron chi connectivity index (χ2n) is 6.11. The van der Waals surface area contributed by atoms with Crippen molar-refractivity contribution < 1.29 is 8.78 Å². The van der Waals surface area contributed by atoms with Crippen molar-refractivity contribution in [1.82, 2.24) is 0 Å². The highest BCUT2D eigenvalue weighted by Gasteiger charge is 2.21. The number of hydrogen-bond donors (Lipinski definition) is 1. The van der Waals surface area contributed by atoms with Crippen LogP contribution < -0.4 is 10.6 Å². The van der Waals surface area contributed by atoms with Crippen molar-refractivity contribution in [3.63, 3.8) is 0 Å². The summed E-state index contributed by atoms with van der Waals surface area (Å²) in [5.41, 5.74) is 6.44. The molecule has 2 unspecified atom stereocenters. The topological polar surface area (TPSA) is 29.3 Å². The van der Waals surface area contributed by atoms with Crippen LogP contribution >= 0.6 is 0 Å². The Morgan fingerprint density at radius 3 is 2.50 bits per heavy atom. The molecule has 0 aliphatic carbocycles. The summed E-state index contributed by atoms with van der Waals surface area (Å²) in [5, 5.41) is 0. The van der Waals surface area contributed by atoms with Crippen molar-refractivity contribution >= 4 is 5.69 Å². The van der Waals surface area contributed by atoms with Crippen LogP contribution in [0.1, 0.15) is 38.7 Å². The van der Waals surface area contributed by atoms with E-state index >= 15 is 0 Å². The molecule has 0 radical (unpaired) electrons. The first-order valence-electron chi connectivity index (χ1n) is 7.46. The number of hydrogen-bond acceptors (Lipinski definition) is 2. The van der Waals surface area contributed by atoms with Crippen molar-refractivity contribution in [2.75, 3.05) is 18.0 Å². The SMILES string of the molecule is CC(N)Cc1cc(F)c(N2CCCC(C)CC2)c(F)c1. The Bertz CT molecular complexity index is 437. The van der Waals surface area contributed by atoms with Gasteiger partial charge in [0.1, 0.15) is 17.3 Å². The van der Waals surface area contributed by atoms with Gasteiger partial charge in [0.15, 0.2) is 0 Å². The van der Waals surface area contributed by atoms with Gasteiger partial charge < -0.3 is 10.6 Å².